The van der Waals surface area contributed by atoms with Crippen molar-refractivity contribution in [1.29, 1.82) is 0 Å². The fourth-order valence-electron chi connectivity index (χ4n) is 2.17. The van der Waals surface area contributed by atoms with Crippen molar-refractivity contribution in [2.24, 2.45) is 5.92 Å². The Hall–Kier alpha value is 0.230. The molecule has 1 rings (SSSR count). The highest BCUT2D eigenvalue weighted by atomic mass is 32.1. The predicted molar refractivity (Wildman–Crippen MR) is 77.0 cm³/mol. The molecule has 1 heterocycles. The van der Waals surface area contributed by atoms with Gasteiger partial charge in [0.05, 0.1) is 6.61 Å². The number of ether oxygens (including phenoxy) is 1. The number of thiol groups is 1. The molecule has 0 spiro atoms. The van der Waals surface area contributed by atoms with Crippen LogP contribution in [-0.4, -0.2) is 68.0 Å². The summed E-state index contributed by atoms with van der Waals surface area (Å²) < 4.78 is 5.56. The van der Waals surface area contributed by atoms with Gasteiger partial charge in [-0.25, -0.2) is 0 Å². The van der Waals surface area contributed by atoms with Gasteiger partial charge in [0.25, 0.3) is 0 Å². The van der Waals surface area contributed by atoms with Gasteiger partial charge < -0.3 is 9.64 Å². The lowest BCUT2D eigenvalue weighted by Crippen LogP contribution is -2.48. The SMILES string of the molecule is CC(C)CN1CCN(CCOCCCS)CC1. The first kappa shape index (κ1) is 15.3. The summed E-state index contributed by atoms with van der Waals surface area (Å²) in [6, 6.07) is 0. The summed E-state index contributed by atoms with van der Waals surface area (Å²) >= 11 is 4.17. The normalized spacial score (nSPS) is 19.1. The van der Waals surface area contributed by atoms with Crippen LogP contribution in [0.25, 0.3) is 0 Å². The van der Waals surface area contributed by atoms with Gasteiger partial charge in [0, 0.05) is 45.9 Å². The molecule has 17 heavy (non-hydrogen) atoms. The number of hydrogen-bond donors (Lipinski definition) is 1. The average molecular weight is 260 g/mol. The Morgan fingerprint density at radius 3 is 2.29 bits per heavy atom. The van der Waals surface area contributed by atoms with Crippen LogP contribution in [0, 0.1) is 5.92 Å². The van der Waals surface area contributed by atoms with Gasteiger partial charge in [0.1, 0.15) is 0 Å². The van der Waals surface area contributed by atoms with E-state index in [1.165, 1.54) is 32.7 Å². The van der Waals surface area contributed by atoms with Gasteiger partial charge in [-0.2, -0.15) is 12.6 Å². The molecular weight excluding hydrogens is 232 g/mol. The summed E-state index contributed by atoms with van der Waals surface area (Å²) in [4.78, 5) is 5.08. The van der Waals surface area contributed by atoms with E-state index >= 15 is 0 Å². The first-order chi connectivity index (χ1) is 8.22. The molecule has 3 nitrogen and oxygen atoms in total. The maximum absolute atomic E-state index is 5.56. The van der Waals surface area contributed by atoms with E-state index < -0.39 is 0 Å². The van der Waals surface area contributed by atoms with Crippen molar-refractivity contribution < 1.29 is 4.74 Å². The Morgan fingerprint density at radius 2 is 1.71 bits per heavy atom. The molecule has 0 aromatic heterocycles. The summed E-state index contributed by atoms with van der Waals surface area (Å²) in [6.07, 6.45) is 1.06. The lowest BCUT2D eigenvalue weighted by atomic mass is 10.2. The molecule has 0 aromatic carbocycles. The van der Waals surface area contributed by atoms with Crippen LogP contribution in [0.5, 0.6) is 0 Å². The highest BCUT2D eigenvalue weighted by Crippen LogP contribution is 2.04. The number of rotatable bonds is 8. The van der Waals surface area contributed by atoms with E-state index in [0.29, 0.717) is 0 Å². The van der Waals surface area contributed by atoms with Crippen molar-refractivity contribution in [3.63, 3.8) is 0 Å². The van der Waals surface area contributed by atoms with Crippen LogP contribution >= 0.6 is 12.6 Å². The first-order valence-electron chi connectivity index (χ1n) is 6.85. The zero-order valence-corrected chi connectivity index (χ0v) is 12.3. The van der Waals surface area contributed by atoms with Crippen molar-refractivity contribution in [2.45, 2.75) is 20.3 Å². The molecule has 0 aromatic rings. The molecule has 0 aliphatic carbocycles. The lowest BCUT2D eigenvalue weighted by Gasteiger charge is -2.35. The standard InChI is InChI=1S/C13H28N2OS/c1-13(2)12-15-6-4-14(5-7-15)8-10-16-9-3-11-17/h13,17H,3-12H2,1-2H3. The van der Waals surface area contributed by atoms with Crippen LogP contribution in [0.4, 0.5) is 0 Å². The van der Waals surface area contributed by atoms with E-state index in [-0.39, 0.29) is 0 Å². The molecule has 0 unspecified atom stereocenters. The summed E-state index contributed by atoms with van der Waals surface area (Å²) in [5, 5.41) is 0. The molecular formula is C13H28N2OS. The van der Waals surface area contributed by atoms with Crippen molar-refractivity contribution in [1.82, 2.24) is 9.80 Å². The quantitative estimate of drug-likeness (QED) is 0.527. The van der Waals surface area contributed by atoms with Crippen molar-refractivity contribution in [2.75, 3.05) is 58.2 Å². The van der Waals surface area contributed by atoms with Crippen LogP contribution in [-0.2, 0) is 4.74 Å². The molecule has 1 saturated heterocycles. The van der Waals surface area contributed by atoms with Gasteiger partial charge in [-0.05, 0) is 18.1 Å². The largest absolute Gasteiger partial charge is 0.380 e. The predicted octanol–water partition coefficient (Wildman–Crippen LogP) is 1.60. The van der Waals surface area contributed by atoms with E-state index in [4.69, 9.17) is 4.74 Å². The highest BCUT2D eigenvalue weighted by Gasteiger charge is 2.16. The number of hydrogen-bond acceptors (Lipinski definition) is 4. The van der Waals surface area contributed by atoms with Crippen molar-refractivity contribution >= 4 is 12.6 Å². The number of piperazine rings is 1. The minimum Gasteiger partial charge on any atom is -0.380 e. The van der Waals surface area contributed by atoms with Crippen molar-refractivity contribution in [3.8, 4) is 0 Å². The smallest absolute Gasteiger partial charge is 0.0593 e. The fraction of sp³-hybridized carbons (Fsp3) is 1.00. The Labute approximate surface area is 112 Å². The summed E-state index contributed by atoms with van der Waals surface area (Å²) in [7, 11) is 0. The zero-order chi connectivity index (χ0) is 12.5. The molecule has 102 valence electrons. The minimum absolute atomic E-state index is 0.783. The van der Waals surface area contributed by atoms with Crippen LogP contribution in [0.1, 0.15) is 20.3 Å². The average Bonchev–Trinajstić information content (AvgIpc) is 2.30. The van der Waals surface area contributed by atoms with Crippen LogP contribution in [0.15, 0.2) is 0 Å². The second-order valence-electron chi connectivity index (χ2n) is 5.23. The molecule has 0 atom stereocenters. The highest BCUT2D eigenvalue weighted by molar-refractivity contribution is 7.80. The minimum atomic E-state index is 0.783. The Bertz CT molecular complexity index is 182. The molecule has 0 saturated carbocycles. The third-order valence-electron chi connectivity index (χ3n) is 3.09. The molecule has 0 N–H and O–H groups in total. The summed E-state index contributed by atoms with van der Waals surface area (Å²) in [5.74, 6) is 1.71. The van der Waals surface area contributed by atoms with Gasteiger partial charge in [-0.1, -0.05) is 13.8 Å². The van der Waals surface area contributed by atoms with Gasteiger partial charge in [0.15, 0.2) is 0 Å². The first-order valence-corrected chi connectivity index (χ1v) is 7.49. The van der Waals surface area contributed by atoms with E-state index in [1.54, 1.807) is 0 Å². The second-order valence-corrected chi connectivity index (χ2v) is 5.67. The Balaban J connectivity index is 1.99. The summed E-state index contributed by atoms with van der Waals surface area (Å²) in [6.45, 7) is 13.5. The molecule has 1 fully saturated rings. The fourth-order valence-corrected chi connectivity index (χ4v) is 2.30. The molecule has 0 radical (unpaired) electrons. The topological polar surface area (TPSA) is 15.7 Å². The molecule has 0 amide bonds. The monoisotopic (exact) mass is 260 g/mol. The van der Waals surface area contributed by atoms with Crippen LogP contribution in [0.3, 0.4) is 0 Å². The molecule has 4 heteroatoms. The Morgan fingerprint density at radius 1 is 1.06 bits per heavy atom. The zero-order valence-electron chi connectivity index (χ0n) is 11.4. The third kappa shape index (κ3) is 7.29. The Kier molecular flexibility index (Phi) is 8.27. The summed E-state index contributed by atoms with van der Waals surface area (Å²) in [5.41, 5.74) is 0. The third-order valence-corrected chi connectivity index (χ3v) is 3.40. The van der Waals surface area contributed by atoms with Gasteiger partial charge in [-0.15, -0.1) is 0 Å². The van der Waals surface area contributed by atoms with E-state index in [1.807, 2.05) is 0 Å². The number of nitrogens with zero attached hydrogens (tertiary/aromatic N) is 2. The molecule has 1 aliphatic heterocycles. The maximum atomic E-state index is 5.56. The van der Waals surface area contributed by atoms with E-state index in [2.05, 4.69) is 36.3 Å². The van der Waals surface area contributed by atoms with E-state index in [9.17, 15) is 0 Å². The maximum Gasteiger partial charge on any atom is 0.0593 e. The van der Waals surface area contributed by atoms with Gasteiger partial charge in [-0.3, -0.25) is 4.90 Å². The lowest BCUT2D eigenvalue weighted by molar-refractivity contribution is 0.0729. The molecule has 1 aliphatic rings. The van der Waals surface area contributed by atoms with Gasteiger partial charge in [0.2, 0.25) is 0 Å². The van der Waals surface area contributed by atoms with Crippen molar-refractivity contribution in [3.05, 3.63) is 0 Å². The van der Waals surface area contributed by atoms with E-state index in [0.717, 1.165) is 37.9 Å². The van der Waals surface area contributed by atoms with Gasteiger partial charge >= 0.3 is 0 Å². The van der Waals surface area contributed by atoms with Crippen LogP contribution < -0.4 is 0 Å². The molecule has 0 bridgehead atoms. The van der Waals surface area contributed by atoms with Crippen LogP contribution in [0.2, 0.25) is 0 Å². The second kappa shape index (κ2) is 9.20.